The van der Waals surface area contributed by atoms with E-state index in [9.17, 15) is 9.59 Å². The van der Waals surface area contributed by atoms with Gasteiger partial charge in [0.25, 0.3) is 0 Å². The first-order valence-electron chi connectivity index (χ1n) is 7.49. The Bertz CT molecular complexity index is 764. The number of piperazine rings is 1. The molecule has 126 valence electrons. The van der Waals surface area contributed by atoms with Gasteiger partial charge in [-0.2, -0.15) is 0 Å². The molecule has 3 rings (SSSR count). The van der Waals surface area contributed by atoms with Crippen LogP contribution in [0.5, 0.6) is 0 Å². The van der Waals surface area contributed by atoms with Crippen molar-refractivity contribution >= 4 is 28.5 Å². The lowest BCUT2D eigenvalue weighted by molar-refractivity contribution is 0.0697. The third kappa shape index (κ3) is 3.18. The standard InChI is InChI=1S/C16H17N3O4S/c1-10-13(11-2-4-12(5-3-11)14(20)21)17-15(24-10)18-6-8-19(9-7-18)16(22)23/h2-5H,6-9H2,1H3,(H,20,21)(H,22,23). The maximum absolute atomic E-state index is 11.0. The van der Waals surface area contributed by atoms with Crippen molar-refractivity contribution in [2.45, 2.75) is 6.92 Å². The molecular formula is C16H17N3O4S. The Morgan fingerprint density at radius 1 is 1.08 bits per heavy atom. The molecule has 0 spiro atoms. The molecule has 1 aliphatic heterocycles. The van der Waals surface area contributed by atoms with Crippen molar-refractivity contribution in [2.24, 2.45) is 0 Å². The summed E-state index contributed by atoms with van der Waals surface area (Å²) in [6.07, 6.45) is -0.885. The van der Waals surface area contributed by atoms with Crippen LogP contribution in [-0.4, -0.2) is 58.3 Å². The molecule has 1 aliphatic rings. The van der Waals surface area contributed by atoms with Crippen molar-refractivity contribution in [3.8, 4) is 11.3 Å². The fourth-order valence-electron chi connectivity index (χ4n) is 2.65. The number of aromatic carboxylic acids is 1. The number of aryl methyl sites for hydroxylation is 1. The van der Waals surface area contributed by atoms with Gasteiger partial charge in [0, 0.05) is 36.6 Å². The van der Waals surface area contributed by atoms with E-state index >= 15 is 0 Å². The van der Waals surface area contributed by atoms with Crippen LogP contribution in [0.25, 0.3) is 11.3 Å². The van der Waals surface area contributed by atoms with Crippen molar-refractivity contribution in [1.82, 2.24) is 9.88 Å². The van der Waals surface area contributed by atoms with Gasteiger partial charge in [-0.25, -0.2) is 14.6 Å². The largest absolute Gasteiger partial charge is 0.478 e. The number of aromatic nitrogens is 1. The molecule has 0 aliphatic carbocycles. The topological polar surface area (TPSA) is 94.0 Å². The normalized spacial score (nSPS) is 14.7. The SMILES string of the molecule is Cc1sc(N2CCN(C(=O)O)CC2)nc1-c1ccc(C(=O)O)cc1. The molecule has 2 heterocycles. The van der Waals surface area contributed by atoms with Crippen LogP contribution < -0.4 is 4.90 Å². The van der Waals surface area contributed by atoms with E-state index < -0.39 is 12.1 Å². The second-order valence-corrected chi connectivity index (χ2v) is 6.72. The van der Waals surface area contributed by atoms with Gasteiger partial charge >= 0.3 is 12.1 Å². The number of amides is 1. The van der Waals surface area contributed by atoms with Gasteiger partial charge in [0.15, 0.2) is 5.13 Å². The zero-order valence-electron chi connectivity index (χ0n) is 13.1. The number of hydrogen-bond donors (Lipinski definition) is 2. The predicted octanol–water partition coefficient (Wildman–Crippen LogP) is 2.62. The third-order valence-electron chi connectivity index (χ3n) is 4.01. The highest BCUT2D eigenvalue weighted by Gasteiger charge is 2.23. The first kappa shape index (κ1) is 16.3. The summed E-state index contributed by atoms with van der Waals surface area (Å²) in [5.41, 5.74) is 1.97. The van der Waals surface area contributed by atoms with Crippen LogP contribution in [0.3, 0.4) is 0 Å². The minimum Gasteiger partial charge on any atom is -0.478 e. The van der Waals surface area contributed by atoms with Gasteiger partial charge in [-0.3, -0.25) is 0 Å². The second-order valence-electron chi connectivity index (χ2n) is 5.54. The quantitative estimate of drug-likeness (QED) is 0.886. The molecule has 2 N–H and O–H groups in total. The summed E-state index contributed by atoms with van der Waals surface area (Å²) < 4.78 is 0. The van der Waals surface area contributed by atoms with E-state index in [1.54, 1.807) is 35.6 Å². The molecule has 0 saturated carbocycles. The molecule has 0 bridgehead atoms. The molecule has 0 radical (unpaired) electrons. The molecule has 7 nitrogen and oxygen atoms in total. The number of rotatable bonds is 3. The highest BCUT2D eigenvalue weighted by molar-refractivity contribution is 7.16. The van der Waals surface area contributed by atoms with Crippen molar-refractivity contribution in [2.75, 3.05) is 31.1 Å². The van der Waals surface area contributed by atoms with E-state index in [0.717, 1.165) is 21.3 Å². The summed E-state index contributed by atoms with van der Waals surface area (Å²) in [5, 5.41) is 18.8. The molecule has 1 aromatic carbocycles. The number of carboxylic acids is 1. The molecule has 0 atom stereocenters. The van der Waals surface area contributed by atoms with Crippen LogP contribution in [0.4, 0.5) is 9.93 Å². The summed E-state index contributed by atoms with van der Waals surface area (Å²) >= 11 is 1.57. The first-order chi connectivity index (χ1) is 11.5. The third-order valence-corrected chi connectivity index (χ3v) is 5.04. The van der Waals surface area contributed by atoms with E-state index in [4.69, 9.17) is 10.2 Å². The first-order valence-corrected chi connectivity index (χ1v) is 8.31. The zero-order chi connectivity index (χ0) is 17.3. The number of carboxylic acid groups (broad SMARTS) is 2. The molecular weight excluding hydrogens is 330 g/mol. The number of benzene rings is 1. The molecule has 8 heteroatoms. The van der Waals surface area contributed by atoms with Crippen molar-refractivity contribution in [1.29, 1.82) is 0 Å². The lowest BCUT2D eigenvalue weighted by Crippen LogP contribution is -2.48. The van der Waals surface area contributed by atoms with Gasteiger partial charge in [0.05, 0.1) is 11.3 Å². The molecule has 1 fully saturated rings. The van der Waals surface area contributed by atoms with Crippen LogP contribution in [0.1, 0.15) is 15.2 Å². The van der Waals surface area contributed by atoms with E-state index in [1.165, 1.54) is 4.90 Å². The highest BCUT2D eigenvalue weighted by Crippen LogP contribution is 2.33. The van der Waals surface area contributed by atoms with Gasteiger partial charge in [-0.1, -0.05) is 12.1 Å². The van der Waals surface area contributed by atoms with Crippen molar-refractivity contribution < 1.29 is 19.8 Å². The van der Waals surface area contributed by atoms with Gasteiger partial charge < -0.3 is 20.0 Å². The highest BCUT2D eigenvalue weighted by atomic mass is 32.1. The Morgan fingerprint density at radius 3 is 2.25 bits per heavy atom. The van der Waals surface area contributed by atoms with Crippen LogP contribution in [0.15, 0.2) is 24.3 Å². The fourth-order valence-corrected chi connectivity index (χ4v) is 3.63. The molecule has 24 heavy (non-hydrogen) atoms. The van der Waals surface area contributed by atoms with Gasteiger partial charge in [-0.05, 0) is 19.1 Å². The fraction of sp³-hybridized carbons (Fsp3) is 0.312. The van der Waals surface area contributed by atoms with Crippen LogP contribution in [0, 0.1) is 6.92 Å². The van der Waals surface area contributed by atoms with Crippen molar-refractivity contribution in [3.05, 3.63) is 34.7 Å². The van der Waals surface area contributed by atoms with Gasteiger partial charge in [-0.15, -0.1) is 11.3 Å². The number of nitrogens with zero attached hydrogens (tertiary/aromatic N) is 3. The number of anilines is 1. The summed E-state index contributed by atoms with van der Waals surface area (Å²) in [6.45, 7) is 4.16. The average Bonchev–Trinajstić information content (AvgIpc) is 2.97. The second kappa shape index (κ2) is 6.48. The monoisotopic (exact) mass is 347 g/mol. The number of hydrogen-bond acceptors (Lipinski definition) is 5. The van der Waals surface area contributed by atoms with E-state index in [1.807, 2.05) is 6.92 Å². The van der Waals surface area contributed by atoms with Gasteiger partial charge in [0.2, 0.25) is 0 Å². The summed E-state index contributed by atoms with van der Waals surface area (Å²) in [7, 11) is 0. The Labute approximate surface area is 142 Å². The van der Waals surface area contributed by atoms with Crippen LogP contribution >= 0.6 is 11.3 Å². The van der Waals surface area contributed by atoms with E-state index in [0.29, 0.717) is 26.2 Å². The summed E-state index contributed by atoms with van der Waals surface area (Å²) in [5.74, 6) is -0.950. The Morgan fingerprint density at radius 2 is 1.71 bits per heavy atom. The maximum atomic E-state index is 11.0. The summed E-state index contributed by atoms with van der Waals surface area (Å²) in [4.78, 5) is 31.1. The lowest BCUT2D eigenvalue weighted by Gasteiger charge is -2.32. The van der Waals surface area contributed by atoms with Crippen LogP contribution in [-0.2, 0) is 0 Å². The Kier molecular flexibility index (Phi) is 4.39. The number of thiazole rings is 1. The molecule has 0 unspecified atom stereocenters. The zero-order valence-corrected chi connectivity index (χ0v) is 13.9. The van der Waals surface area contributed by atoms with E-state index in [2.05, 4.69) is 9.88 Å². The minimum absolute atomic E-state index is 0.247. The predicted molar refractivity (Wildman–Crippen MR) is 91.1 cm³/mol. The van der Waals surface area contributed by atoms with E-state index in [-0.39, 0.29) is 5.56 Å². The molecule has 1 aromatic heterocycles. The van der Waals surface area contributed by atoms with Gasteiger partial charge in [0.1, 0.15) is 0 Å². The minimum atomic E-state index is -0.950. The molecule has 2 aromatic rings. The molecule has 1 saturated heterocycles. The summed E-state index contributed by atoms with van der Waals surface area (Å²) in [6, 6.07) is 6.67. The molecule has 1 amide bonds. The number of carbonyl (C=O) groups is 2. The Hall–Kier alpha value is -2.61. The van der Waals surface area contributed by atoms with Crippen molar-refractivity contribution in [3.63, 3.8) is 0 Å². The van der Waals surface area contributed by atoms with Crippen LogP contribution in [0.2, 0.25) is 0 Å². The lowest BCUT2D eigenvalue weighted by atomic mass is 10.1. The Balaban J connectivity index is 1.78. The average molecular weight is 347 g/mol. The maximum Gasteiger partial charge on any atom is 0.407 e. The smallest absolute Gasteiger partial charge is 0.407 e.